The molecule has 2 aliphatic heterocycles. The molecule has 0 amide bonds. The summed E-state index contributed by atoms with van der Waals surface area (Å²) in [7, 11) is 0. The predicted octanol–water partition coefficient (Wildman–Crippen LogP) is 1.90. The molecule has 2 heterocycles. The Hall–Kier alpha value is -0.160. The van der Waals surface area contributed by atoms with Crippen molar-refractivity contribution in [2.24, 2.45) is 0 Å². The Labute approximate surface area is 71.6 Å². The Morgan fingerprint density at radius 2 is 1.92 bits per heavy atom. The molecule has 0 N–H and O–H groups in total. The summed E-state index contributed by atoms with van der Waals surface area (Å²) in [5.41, 5.74) is 0. The third-order valence-corrected chi connectivity index (χ3v) is 2.24. The predicted molar refractivity (Wildman–Crippen MR) is 39.6 cm³/mol. The van der Waals surface area contributed by atoms with Gasteiger partial charge in [0.2, 0.25) is 0 Å². The molecule has 0 aromatic rings. The number of unbranched alkanes of at least 4 members (excludes halogenated alkanes) is 3. The van der Waals surface area contributed by atoms with Crippen molar-refractivity contribution >= 4 is 0 Å². The van der Waals surface area contributed by atoms with E-state index in [9.17, 15) is 0 Å². The third-order valence-electron chi connectivity index (χ3n) is 2.24. The molecule has 0 aromatic carbocycles. The maximum Gasteiger partial charge on any atom is 0.394 e. The van der Waals surface area contributed by atoms with E-state index in [0.717, 1.165) is 12.8 Å². The van der Waals surface area contributed by atoms with Crippen LogP contribution in [-0.4, -0.2) is 12.1 Å². The first kappa shape index (κ1) is 8.44. The first-order valence-corrected chi connectivity index (χ1v) is 4.59. The molecule has 1 unspecified atom stereocenters. The summed E-state index contributed by atoms with van der Waals surface area (Å²) in [5, 5.41) is 0. The minimum Gasteiger partial charge on any atom is -0.219 e. The normalized spacial score (nSPS) is 30.2. The molecule has 1 spiro atoms. The van der Waals surface area contributed by atoms with Crippen LogP contribution in [0.1, 0.15) is 39.0 Å². The zero-order valence-corrected chi connectivity index (χ0v) is 7.25. The fourth-order valence-corrected chi connectivity index (χ4v) is 1.35. The molecular formula is C8H14O4. The van der Waals surface area contributed by atoms with Gasteiger partial charge in [0.1, 0.15) is 0 Å². The van der Waals surface area contributed by atoms with Crippen LogP contribution in [0.2, 0.25) is 0 Å². The lowest BCUT2D eigenvalue weighted by Crippen LogP contribution is -2.46. The van der Waals surface area contributed by atoms with Crippen molar-refractivity contribution in [3.05, 3.63) is 0 Å². The molecule has 0 radical (unpaired) electrons. The molecule has 0 aliphatic carbocycles. The van der Waals surface area contributed by atoms with E-state index in [0.29, 0.717) is 0 Å². The van der Waals surface area contributed by atoms with Gasteiger partial charge in [-0.25, -0.2) is 4.89 Å². The van der Waals surface area contributed by atoms with Crippen molar-refractivity contribution < 1.29 is 19.6 Å². The first-order chi connectivity index (χ1) is 5.87. The van der Waals surface area contributed by atoms with Crippen LogP contribution in [0.3, 0.4) is 0 Å². The molecule has 12 heavy (non-hydrogen) atoms. The van der Waals surface area contributed by atoms with E-state index in [1.165, 1.54) is 19.3 Å². The van der Waals surface area contributed by atoms with E-state index in [1.807, 2.05) is 0 Å². The fraction of sp³-hybridized carbons (Fsp3) is 1.00. The summed E-state index contributed by atoms with van der Waals surface area (Å²) < 4.78 is 0. The van der Waals surface area contributed by atoms with Gasteiger partial charge >= 0.3 is 5.97 Å². The second-order valence-corrected chi connectivity index (χ2v) is 3.29. The van der Waals surface area contributed by atoms with Gasteiger partial charge in [-0.15, -0.1) is 0 Å². The third kappa shape index (κ3) is 1.47. The van der Waals surface area contributed by atoms with Gasteiger partial charge in [-0.2, -0.15) is 14.7 Å². The molecule has 4 heteroatoms. The van der Waals surface area contributed by atoms with Gasteiger partial charge in [-0.1, -0.05) is 32.6 Å². The fourth-order valence-electron chi connectivity index (χ4n) is 1.35. The van der Waals surface area contributed by atoms with Crippen molar-refractivity contribution in [2.75, 3.05) is 0 Å². The van der Waals surface area contributed by atoms with Gasteiger partial charge in [0.15, 0.2) is 6.10 Å². The summed E-state index contributed by atoms with van der Waals surface area (Å²) in [6.07, 6.45) is 5.87. The lowest BCUT2D eigenvalue weighted by Gasteiger charge is -2.27. The highest BCUT2D eigenvalue weighted by atomic mass is 17.5. The Kier molecular flexibility index (Phi) is 2.32. The van der Waals surface area contributed by atoms with E-state index >= 15 is 0 Å². The lowest BCUT2D eigenvalue weighted by molar-refractivity contribution is -0.516. The summed E-state index contributed by atoms with van der Waals surface area (Å²) >= 11 is 0. The van der Waals surface area contributed by atoms with E-state index in [-0.39, 0.29) is 6.10 Å². The van der Waals surface area contributed by atoms with Gasteiger partial charge in [0.05, 0.1) is 0 Å². The van der Waals surface area contributed by atoms with Crippen LogP contribution >= 0.6 is 0 Å². The van der Waals surface area contributed by atoms with Crippen molar-refractivity contribution in [1.82, 2.24) is 0 Å². The minimum absolute atomic E-state index is 0.00523. The molecule has 2 rings (SSSR count). The average molecular weight is 174 g/mol. The van der Waals surface area contributed by atoms with Gasteiger partial charge in [0.25, 0.3) is 0 Å². The highest BCUT2D eigenvalue weighted by molar-refractivity contribution is 4.78. The Bertz CT molecular complexity index is 155. The lowest BCUT2D eigenvalue weighted by atomic mass is 10.1. The average Bonchev–Trinajstić information content (AvgIpc) is 2.83. The van der Waals surface area contributed by atoms with E-state index in [2.05, 4.69) is 21.6 Å². The minimum atomic E-state index is -0.786. The van der Waals surface area contributed by atoms with Gasteiger partial charge < -0.3 is 0 Å². The number of hydrogen-bond donors (Lipinski definition) is 0. The maximum atomic E-state index is 4.84. The number of hydrogen-bond acceptors (Lipinski definition) is 4. The van der Waals surface area contributed by atoms with Crippen LogP contribution in [0, 0.1) is 0 Å². The molecule has 0 bridgehead atoms. The molecule has 1 atom stereocenters. The molecular weight excluding hydrogens is 160 g/mol. The first-order valence-electron chi connectivity index (χ1n) is 4.59. The quantitative estimate of drug-likeness (QED) is 0.362. The SMILES string of the molecule is CCCCCCC1OOC12OO2. The second-order valence-electron chi connectivity index (χ2n) is 3.29. The largest absolute Gasteiger partial charge is 0.394 e. The van der Waals surface area contributed by atoms with Gasteiger partial charge in [-0.05, 0) is 6.42 Å². The smallest absolute Gasteiger partial charge is 0.219 e. The highest BCUT2D eigenvalue weighted by Crippen LogP contribution is 2.46. The zero-order chi connectivity index (χ0) is 8.44. The zero-order valence-electron chi connectivity index (χ0n) is 7.25. The van der Waals surface area contributed by atoms with Gasteiger partial charge in [-0.3, -0.25) is 0 Å². The Morgan fingerprint density at radius 3 is 2.42 bits per heavy atom. The summed E-state index contributed by atoms with van der Waals surface area (Å²) in [6, 6.07) is 0. The molecule has 2 saturated heterocycles. The molecule has 2 aliphatic rings. The van der Waals surface area contributed by atoms with Crippen LogP contribution in [0.25, 0.3) is 0 Å². The number of rotatable bonds is 5. The van der Waals surface area contributed by atoms with Crippen LogP contribution in [0.15, 0.2) is 0 Å². The van der Waals surface area contributed by atoms with Crippen molar-refractivity contribution in [2.45, 2.75) is 51.1 Å². The monoisotopic (exact) mass is 174 g/mol. The Morgan fingerprint density at radius 1 is 1.08 bits per heavy atom. The molecule has 0 saturated carbocycles. The maximum absolute atomic E-state index is 4.84. The summed E-state index contributed by atoms with van der Waals surface area (Å²) in [5.74, 6) is -0.786. The molecule has 0 aromatic heterocycles. The summed E-state index contributed by atoms with van der Waals surface area (Å²) in [4.78, 5) is 18.8. The second kappa shape index (κ2) is 3.30. The molecule has 2 fully saturated rings. The topological polar surface area (TPSA) is 43.5 Å². The molecule has 4 nitrogen and oxygen atoms in total. The summed E-state index contributed by atoms with van der Waals surface area (Å²) in [6.45, 7) is 2.19. The van der Waals surface area contributed by atoms with E-state index in [4.69, 9.17) is 4.89 Å². The molecule has 70 valence electrons. The van der Waals surface area contributed by atoms with Crippen LogP contribution in [0.5, 0.6) is 0 Å². The van der Waals surface area contributed by atoms with Gasteiger partial charge in [0, 0.05) is 0 Å². The van der Waals surface area contributed by atoms with E-state index < -0.39 is 5.97 Å². The van der Waals surface area contributed by atoms with E-state index in [1.54, 1.807) is 0 Å². The van der Waals surface area contributed by atoms with Crippen LogP contribution < -0.4 is 0 Å². The van der Waals surface area contributed by atoms with Crippen molar-refractivity contribution in [3.8, 4) is 0 Å². The van der Waals surface area contributed by atoms with Crippen molar-refractivity contribution in [3.63, 3.8) is 0 Å². The highest BCUT2D eigenvalue weighted by Gasteiger charge is 2.68. The van der Waals surface area contributed by atoms with Crippen LogP contribution in [-0.2, 0) is 19.6 Å². The Balaban J connectivity index is 1.55. The van der Waals surface area contributed by atoms with Crippen molar-refractivity contribution in [1.29, 1.82) is 0 Å². The van der Waals surface area contributed by atoms with Crippen LogP contribution in [0.4, 0.5) is 0 Å². The standard InChI is InChI=1S/C8H14O4/c1-2-3-4-5-6-7-8(10-9-7)11-12-8/h7H,2-6H2,1H3.